The molecule has 1 aromatic carbocycles. The predicted molar refractivity (Wildman–Crippen MR) is 70.6 cm³/mol. The van der Waals surface area contributed by atoms with E-state index in [4.69, 9.17) is 0 Å². The van der Waals surface area contributed by atoms with E-state index in [9.17, 15) is 5.11 Å². The highest BCUT2D eigenvalue weighted by Crippen LogP contribution is 2.41. The second-order valence-corrected chi connectivity index (χ2v) is 6.21. The second kappa shape index (κ2) is 5.47. The minimum absolute atomic E-state index is 0. The van der Waals surface area contributed by atoms with Crippen LogP contribution in [0.5, 0.6) is 0 Å². The zero-order valence-electron chi connectivity index (χ0n) is 11.7. The van der Waals surface area contributed by atoms with E-state index in [1.807, 2.05) is 18.2 Å². The monoisotopic (exact) mass is 361 g/mol. The van der Waals surface area contributed by atoms with Gasteiger partial charge in [0.25, 0.3) is 0 Å². The van der Waals surface area contributed by atoms with Gasteiger partial charge in [-0.25, -0.2) is 0 Å². The quantitative estimate of drug-likeness (QED) is 0.523. The van der Waals surface area contributed by atoms with Crippen molar-refractivity contribution < 1.29 is 33.6 Å². The molecule has 1 saturated heterocycles. The number of aliphatic hydroxyl groups is 1. The molecule has 1 N–H and O–H groups in total. The van der Waals surface area contributed by atoms with Crippen LogP contribution in [0.4, 0.5) is 0 Å². The molecule has 1 aliphatic rings. The molecule has 1 aromatic rings. The van der Waals surface area contributed by atoms with Crippen molar-refractivity contribution in [3.63, 3.8) is 0 Å². The summed E-state index contributed by atoms with van der Waals surface area (Å²) in [5, 5.41) is 11.0. The molecule has 0 amide bonds. The summed E-state index contributed by atoms with van der Waals surface area (Å²) < 4.78 is 0.996. The Morgan fingerprint density at radius 1 is 1.17 bits per heavy atom. The summed E-state index contributed by atoms with van der Waals surface area (Å²) in [6.07, 6.45) is 0.838. The highest BCUT2D eigenvalue weighted by molar-refractivity contribution is 5.23. The van der Waals surface area contributed by atoms with E-state index >= 15 is 0 Å². The predicted octanol–water partition coefficient (Wildman–Crippen LogP) is -0.617. The van der Waals surface area contributed by atoms with Crippen LogP contribution in [0.2, 0.25) is 0 Å². The van der Waals surface area contributed by atoms with E-state index in [1.54, 1.807) is 0 Å². The molecule has 3 atom stereocenters. The first kappa shape index (κ1) is 15.9. The first-order valence-electron chi connectivity index (χ1n) is 6.47. The van der Waals surface area contributed by atoms with Crippen molar-refractivity contribution in [2.24, 2.45) is 5.92 Å². The standard InChI is InChI=1S/C15H24NO.HI/c1-12-11-16(3,4)13(2)10-15(12,17)14-8-6-5-7-9-14;/h5-9,12-13,17H,10-11H2,1-4H3;1H/q+1;/p-1. The lowest BCUT2D eigenvalue weighted by atomic mass is 9.74. The number of quaternary nitrogens is 1. The van der Waals surface area contributed by atoms with Gasteiger partial charge in [0, 0.05) is 12.3 Å². The minimum atomic E-state index is -0.658. The van der Waals surface area contributed by atoms with Gasteiger partial charge in [-0.15, -0.1) is 0 Å². The van der Waals surface area contributed by atoms with Crippen LogP contribution in [-0.2, 0) is 5.60 Å². The van der Waals surface area contributed by atoms with Crippen LogP contribution >= 0.6 is 0 Å². The van der Waals surface area contributed by atoms with Gasteiger partial charge in [-0.1, -0.05) is 37.3 Å². The maximum absolute atomic E-state index is 11.0. The maximum Gasteiger partial charge on any atom is 0.103 e. The first-order valence-corrected chi connectivity index (χ1v) is 6.47. The molecule has 1 fully saturated rings. The molecule has 1 aliphatic heterocycles. The molecule has 0 aromatic heterocycles. The molecule has 0 bridgehead atoms. The Morgan fingerprint density at radius 3 is 2.28 bits per heavy atom. The highest BCUT2D eigenvalue weighted by atomic mass is 127. The van der Waals surface area contributed by atoms with Gasteiger partial charge in [0.1, 0.15) is 5.60 Å². The molecule has 3 heteroatoms. The van der Waals surface area contributed by atoms with E-state index in [1.165, 1.54) is 0 Å². The molecule has 2 nitrogen and oxygen atoms in total. The van der Waals surface area contributed by atoms with Crippen LogP contribution in [0.15, 0.2) is 30.3 Å². The lowest BCUT2D eigenvalue weighted by molar-refractivity contribution is -0.925. The van der Waals surface area contributed by atoms with Gasteiger partial charge in [-0.3, -0.25) is 0 Å². The number of nitrogens with zero attached hydrogens (tertiary/aromatic N) is 1. The van der Waals surface area contributed by atoms with Gasteiger partial charge in [-0.2, -0.15) is 0 Å². The Labute approximate surface area is 128 Å². The number of benzene rings is 1. The topological polar surface area (TPSA) is 20.2 Å². The number of likely N-dealkylation sites (tertiary alicyclic amines) is 1. The third-order valence-electron chi connectivity index (χ3n) is 4.63. The molecule has 1 heterocycles. The van der Waals surface area contributed by atoms with Crippen LogP contribution in [0, 0.1) is 5.92 Å². The second-order valence-electron chi connectivity index (χ2n) is 6.21. The first-order chi connectivity index (χ1) is 7.86. The zero-order valence-corrected chi connectivity index (χ0v) is 13.9. The average Bonchev–Trinajstić information content (AvgIpc) is 2.27. The third-order valence-corrected chi connectivity index (χ3v) is 4.63. The number of piperidine rings is 1. The van der Waals surface area contributed by atoms with Crippen molar-refractivity contribution in [1.82, 2.24) is 0 Å². The highest BCUT2D eigenvalue weighted by Gasteiger charge is 2.48. The van der Waals surface area contributed by atoms with Gasteiger partial charge in [-0.05, 0) is 12.5 Å². The fourth-order valence-electron chi connectivity index (χ4n) is 3.06. The molecule has 0 saturated carbocycles. The van der Waals surface area contributed by atoms with Gasteiger partial charge >= 0.3 is 0 Å². The van der Waals surface area contributed by atoms with Gasteiger partial charge < -0.3 is 33.6 Å². The summed E-state index contributed by atoms with van der Waals surface area (Å²) in [6, 6.07) is 10.6. The van der Waals surface area contributed by atoms with Gasteiger partial charge in [0.15, 0.2) is 0 Å². The Hall–Kier alpha value is -0.130. The molecular formula is C15H24INO. The number of hydrogen-bond donors (Lipinski definition) is 1. The van der Waals surface area contributed by atoms with Crippen molar-refractivity contribution >= 4 is 0 Å². The van der Waals surface area contributed by atoms with Crippen LogP contribution < -0.4 is 24.0 Å². The van der Waals surface area contributed by atoms with Crippen molar-refractivity contribution in [1.29, 1.82) is 0 Å². The fraction of sp³-hybridized carbons (Fsp3) is 0.600. The molecular weight excluding hydrogens is 337 g/mol. The van der Waals surface area contributed by atoms with Crippen molar-refractivity contribution in [3.05, 3.63) is 35.9 Å². The molecule has 0 aliphatic carbocycles. The van der Waals surface area contributed by atoms with E-state index < -0.39 is 5.60 Å². The SMILES string of the molecule is CC1C[N+](C)(C)C(C)CC1(O)c1ccccc1.[I-]. The van der Waals surface area contributed by atoms with Crippen LogP contribution in [0.25, 0.3) is 0 Å². The number of halogens is 1. The fourth-order valence-corrected chi connectivity index (χ4v) is 3.06. The normalized spacial score (nSPS) is 34.7. The van der Waals surface area contributed by atoms with E-state index in [0.717, 1.165) is 23.0 Å². The summed E-state index contributed by atoms with van der Waals surface area (Å²) in [7, 11) is 4.51. The van der Waals surface area contributed by atoms with Crippen molar-refractivity contribution in [2.45, 2.75) is 31.9 Å². The molecule has 2 rings (SSSR count). The zero-order chi connectivity index (χ0) is 12.7. The van der Waals surface area contributed by atoms with E-state index in [0.29, 0.717) is 6.04 Å². The van der Waals surface area contributed by atoms with Gasteiger partial charge in [0.2, 0.25) is 0 Å². The molecule has 0 radical (unpaired) electrons. The molecule has 102 valence electrons. The van der Waals surface area contributed by atoms with Crippen LogP contribution in [0.1, 0.15) is 25.8 Å². The summed E-state index contributed by atoms with van der Waals surface area (Å²) in [5.74, 6) is 0.288. The average molecular weight is 361 g/mol. The minimum Gasteiger partial charge on any atom is -1.00 e. The Morgan fingerprint density at radius 2 is 1.72 bits per heavy atom. The van der Waals surface area contributed by atoms with E-state index in [-0.39, 0.29) is 29.9 Å². The molecule has 0 spiro atoms. The summed E-state index contributed by atoms with van der Waals surface area (Å²) >= 11 is 0. The van der Waals surface area contributed by atoms with Gasteiger partial charge in [0.05, 0.1) is 26.7 Å². The molecule has 3 unspecified atom stereocenters. The van der Waals surface area contributed by atoms with E-state index in [2.05, 4.69) is 40.1 Å². The maximum atomic E-state index is 11.0. The largest absolute Gasteiger partial charge is 1.00 e. The van der Waals surface area contributed by atoms with Crippen molar-refractivity contribution in [2.75, 3.05) is 20.6 Å². The third kappa shape index (κ3) is 2.73. The van der Waals surface area contributed by atoms with Crippen molar-refractivity contribution in [3.8, 4) is 0 Å². The number of hydrogen-bond acceptors (Lipinski definition) is 1. The lowest BCUT2D eigenvalue weighted by Crippen LogP contribution is -3.00. The summed E-state index contributed by atoms with van der Waals surface area (Å²) in [5.41, 5.74) is 0.410. The Balaban J connectivity index is 0.00000162. The molecule has 18 heavy (non-hydrogen) atoms. The summed E-state index contributed by atoms with van der Waals surface area (Å²) in [4.78, 5) is 0. The Kier molecular flexibility index (Phi) is 4.84. The summed E-state index contributed by atoms with van der Waals surface area (Å²) in [6.45, 7) is 5.42. The van der Waals surface area contributed by atoms with Crippen LogP contribution in [-0.4, -0.2) is 36.3 Å². The Bertz CT molecular complexity index is 393. The smallest absolute Gasteiger partial charge is 0.103 e. The van der Waals surface area contributed by atoms with Crippen LogP contribution in [0.3, 0.4) is 0 Å². The lowest BCUT2D eigenvalue weighted by Gasteiger charge is -2.50. The number of rotatable bonds is 1.